The lowest BCUT2D eigenvalue weighted by molar-refractivity contribution is -0.145. The Morgan fingerprint density at radius 2 is 2.11 bits per heavy atom. The number of hydrogen-bond donors (Lipinski definition) is 1. The molecule has 0 aromatic heterocycles. The number of nitrogens with zero attached hydrogens (tertiary/aromatic N) is 2. The molecule has 1 saturated heterocycles. The second-order valence-corrected chi connectivity index (χ2v) is 5.46. The van der Waals surface area contributed by atoms with Gasteiger partial charge in [-0.2, -0.15) is 0 Å². The number of aliphatic carboxylic acids is 1. The quantitative estimate of drug-likeness (QED) is 0.786. The third-order valence-electron chi connectivity index (χ3n) is 2.92. The van der Waals surface area contributed by atoms with Gasteiger partial charge in [0.2, 0.25) is 11.8 Å². The topological polar surface area (TPSA) is 77.9 Å². The van der Waals surface area contributed by atoms with Crippen LogP contribution in [0.1, 0.15) is 13.8 Å². The molecule has 1 N–H and O–H groups in total. The number of rotatable bonds is 4. The van der Waals surface area contributed by atoms with E-state index < -0.39 is 17.9 Å². The molecule has 1 rings (SSSR count). The maximum atomic E-state index is 12.1. The molecular weight excluding hydrogens is 256 g/mol. The van der Waals surface area contributed by atoms with Crippen LogP contribution in [0.25, 0.3) is 0 Å². The zero-order valence-corrected chi connectivity index (χ0v) is 11.6. The summed E-state index contributed by atoms with van der Waals surface area (Å²) >= 11 is 1.53. The summed E-state index contributed by atoms with van der Waals surface area (Å²) in [4.78, 5) is 37.2. The van der Waals surface area contributed by atoms with E-state index in [0.29, 0.717) is 11.6 Å². The van der Waals surface area contributed by atoms with Crippen LogP contribution in [0.4, 0.5) is 0 Å². The van der Waals surface area contributed by atoms with Crippen LogP contribution in [-0.2, 0) is 14.4 Å². The normalized spacial score (nSPS) is 20.6. The highest BCUT2D eigenvalue weighted by Gasteiger charge is 2.35. The summed E-state index contributed by atoms with van der Waals surface area (Å²) < 4.78 is 0. The average molecular weight is 274 g/mol. The van der Waals surface area contributed by atoms with Crippen LogP contribution in [0.2, 0.25) is 0 Å². The molecule has 102 valence electrons. The molecule has 1 heterocycles. The fourth-order valence-electron chi connectivity index (χ4n) is 1.79. The zero-order valence-electron chi connectivity index (χ0n) is 10.8. The minimum Gasteiger partial charge on any atom is -0.481 e. The van der Waals surface area contributed by atoms with Crippen LogP contribution in [0.15, 0.2) is 0 Å². The van der Waals surface area contributed by atoms with Gasteiger partial charge in [0, 0.05) is 26.3 Å². The smallest absolute Gasteiger partial charge is 0.308 e. The molecule has 18 heavy (non-hydrogen) atoms. The molecule has 1 fully saturated rings. The van der Waals surface area contributed by atoms with Gasteiger partial charge in [-0.15, -0.1) is 11.8 Å². The minimum atomic E-state index is -0.932. The van der Waals surface area contributed by atoms with Gasteiger partial charge in [0.25, 0.3) is 0 Å². The molecule has 0 aromatic rings. The predicted octanol–water partition coefficient (Wildman–Crippen LogP) is 0.0869. The molecule has 0 bridgehead atoms. The molecule has 7 heteroatoms. The molecule has 0 aromatic carbocycles. The zero-order chi connectivity index (χ0) is 13.9. The van der Waals surface area contributed by atoms with Gasteiger partial charge in [-0.05, 0) is 0 Å². The second-order valence-electron chi connectivity index (χ2n) is 4.46. The Hall–Kier alpha value is -1.24. The SMILES string of the molecule is CC(=O)N1CSCC1C(=O)N(C)CC(C)C(=O)O. The number of carboxylic acids is 1. The number of carbonyl (C=O) groups is 3. The molecule has 0 spiro atoms. The van der Waals surface area contributed by atoms with Crippen molar-refractivity contribution in [3.8, 4) is 0 Å². The van der Waals surface area contributed by atoms with Gasteiger partial charge in [0.1, 0.15) is 6.04 Å². The lowest BCUT2D eigenvalue weighted by Gasteiger charge is -2.27. The fourth-order valence-corrected chi connectivity index (χ4v) is 3.00. The highest BCUT2D eigenvalue weighted by molar-refractivity contribution is 7.99. The van der Waals surface area contributed by atoms with Crippen LogP contribution in [-0.4, -0.2) is 64.0 Å². The molecule has 2 atom stereocenters. The van der Waals surface area contributed by atoms with Gasteiger partial charge < -0.3 is 14.9 Å². The van der Waals surface area contributed by atoms with E-state index in [2.05, 4.69) is 0 Å². The highest BCUT2D eigenvalue weighted by atomic mass is 32.2. The summed E-state index contributed by atoms with van der Waals surface area (Å²) in [7, 11) is 1.57. The summed E-state index contributed by atoms with van der Waals surface area (Å²) in [5, 5.41) is 8.81. The first kappa shape index (κ1) is 14.8. The lowest BCUT2D eigenvalue weighted by Crippen LogP contribution is -2.48. The van der Waals surface area contributed by atoms with E-state index in [1.807, 2.05) is 0 Å². The van der Waals surface area contributed by atoms with Crippen molar-refractivity contribution >= 4 is 29.5 Å². The van der Waals surface area contributed by atoms with Crippen LogP contribution < -0.4 is 0 Å². The minimum absolute atomic E-state index is 0.127. The molecule has 0 aliphatic carbocycles. The van der Waals surface area contributed by atoms with Crippen molar-refractivity contribution in [2.75, 3.05) is 25.2 Å². The molecule has 0 saturated carbocycles. The number of carbonyl (C=O) groups excluding carboxylic acids is 2. The molecule has 2 amide bonds. The predicted molar refractivity (Wildman–Crippen MR) is 68.1 cm³/mol. The van der Waals surface area contributed by atoms with Gasteiger partial charge in [-0.1, -0.05) is 6.92 Å². The van der Waals surface area contributed by atoms with Crippen molar-refractivity contribution in [3.05, 3.63) is 0 Å². The van der Waals surface area contributed by atoms with E-state index in [1.54, 1.807) is 14.0 Å². The van der Waals surface area contributed by atoms with Gasteiger partial charge in [-0.25, -0.2) is 0 Å². The summed E-state index contributed by atoms with van der Waals surface area (Å²) in [6.07, 6.45) is 0. The fraction of sp³-hybridized carbons (Fsp3) is 0.727. The van der Waals surface area contributed by atoms with Crippen molar-refractivity contribution in [1.29, 1.82) is 0 Å². The van der Waals surface area contributed by atoms with E-state index in [9.17, 15) is 14.4 Å². The molecular formula is C11H18N2O4S. The van der Waals surface area contributed by atoms with Gasteiger partial charge >= 0.3 is 5.97 Å². The van der Waals surface area contributed by atoms with Gasteiger partial charge in [0.05, 0.1) is 11.8 Å². The first-order chi connectivity index (χ1) is 8.34. The Morgan fingerprint density at radius 3 is 2.61 bits per heavy atom. The standard InChI is InChI=1S/C11H18N2O4S/c1-7(11(16)17)4-12(3)10(15)9-5-18-6-13(9)8(2)14/h7,9H,4-6H2,1-3H3,(H,16,17). The van der Waals surface area contributed by atoms with Crippen LogP contribution in [0, 0.1) is 5.92 Å². The van der Waals surface area contributed by atoms with Crippen molar-refractivity contribution in [2.24, 2.45) is 5.92 Å². The third kappa shape index (κ3) is 3.38. The Morgan fingerprint density at radius 1 is 1.50 bits per heavy atom. The number of carboxylic acid groups (broad SMARTS) is 1. The van der Waals surface area contributed by atoms with E-state index in [4.69, 9.17) is 5.11 Å². The third-order valence-corrected chi connectivity index (χ3v) is 3.93. The van der Waals surface area contributed by atoms with Crippen molar-refractivity contribution < 1.29 is 19.5 Å². The Kier molecular flexibility index (Phi) is 5.01. The first-order valence-corrected chi connectivity index (χ1v) is 6.82. The highest BCUT2D eigenvalue weighted by Crippen LogP contribution is 2.22. The maximum absolute atomic E-state index is 12.1. The van der Waals surface area contributed by atoms with Crippen LogP contribution >= 0.6 is 11.8 Å². The molecule has 2 unspecified atom stereocenters. The second kappa shape index (κ2) is 6.08. The van der Waals surface area contributed by atoms with Gasteiger partial charge in [-0.3, -0.25) is 14.4 Å². The van der Waals surface area contributed by atoms with Crippen LogP contribution in [0.5, 0.6) is 0 Å². The summed E-state index contributed by atoms with van der Waals surface area (Å²) in [6, 6.07) is -0.460. The average Bonchev–Trinajstić information content (AvgIpc) is 2.76. The van der Waals surface area contributed by atoms with E-state index in [-0.39, 0.29) is 18.4 Å². The monoisotopic (exact) mass is 274 g/mol. The van der Waals surface area contributed by atoms with E-state index >= 15 is 0 Å². The van der Waals surface area contributed by atoms with Crippen LogP contribution in [0.3, 0.4) is 0 Å². The summed E-state index contributed by atoms with van der Waals surface area (Å²) in [5.74, 6) is -0.767. The Bertz CT molecular complexity index is 361. The number of amides is 2. The largest absolute Gasteiger partial charge is 0.481 e. The van der Waals surface area contributed by atoms with E-state index in [0.717, 1.165) is 0 Å². The van der Waals surface area contributed by atoms with Crippen molar-refractivity contribution in [2.45, 2.75) is 19.9 Å². The lowest BCUT2D eigenvalue weighted by atomic mass is 10.1. The number of thioether (sulfide) groups is 1. The maximum Gasteiger partial charge on any atom is 0.308 e. The molecule has 0 radical (unpaired) electrons. The summed E-state index contributed by atoms with van der Waals surface area (Å²) in [5.41, 5.74) is 0. The first-order valence-electron chi connectivity index (χ1n) is 5.67. The Labute approximate surface area is 110 Å². The number of hydrogen-bond acceptors (Lipinski definition) is 4. The van der Waals surface area contributed by atoms with Gasteiger partial charge in [0.15, 0.2) is 0 Å². The molecule has 6 nitrogen and oxygen atoms in total. The number of likely N-dealkylation sites (N-methyl/N-ethyl adjacent to an activating group) is 1. The Balaban J connectivity index is 2.63. The van der Waals surface area contributed by atoms with Crippen molar-refractivity contribution in [1.82, 2.24) is 9.80 Å². The summed E-state index contributed by atoms with van der Waals surface area (Å²) in [6.45, 7) is 3.14. The van der Waals surface area contributed by atoms with Crippen molar-refractivity contribution in [3.63, 3.8) is 0 Å². The van der Waals surface area contributed by atoms with E-state index in [1.165, 1.54) is 28.5 Å². The molecule has 1 aliphatic heterocycles. The molecule has 1 aliphatic rings.